The SMILES string of the molecule is CCn1cc(Br)c(=O)c2cc(F)c3nccnc3c21. The third-order valence-corrected chi connectivity index (χ3v) is 3.60. The molecule has 4 nitrogen and oxygen atoms in total. The number of benzene rings is 1. The van der Waals surface area contributed by atoms with Gasteiger partial charge in [-0.25, -0.2) is 9.37 Å². The summed E-state index contributed by atoms with van der Waals surface area (Å²) >= 11 is 3.20. The molecule has 6 heteroatoms. The number of fused-ring (bicyclic) bond motifs is 3. The van der Waals surface area contributed by atoms with Crippen molar-refractivity contribution in [1.82, 2.24) is 14.5 Å². The Balaban J connectivity index is 2.69. The monoisotopic (exact) mass is 321 g/mol. The molecule has 0 amide bonds. The molecule has 0 aliphatic heterocycles. The zero-order chi connectivity index (χ0) is 13.6. The molecule has 19 heavy (non-hydrogen) atoms. The fraction of sp³-hybridized carbons (Fsp3) is 0.154. The van der Waals surface area contributed by atoms with E-state index in [2.05, 4.69) is 25.9 Å². The van der Waals surface area contributed by atoms with E-state index in [1.807, 2.05) is 11.5 Å². The van der Waals surface area contributed by atoms with Gasteiger partial charge in [-0.15, -0.1) is 0 Å². The van der Waals surface area contributed by atoms with Crippen LogP contribution in [0.3, 0.4) is 0 Å². The molecule has 0 aliphatic carbocycles. The van der Waals surface area contributed by atoms with Crippen molar-refractivity contribution in [1.29, 1.82) is 0 Å². The second-order valence-corrected chi connectivity index (χ2v) is 4.95. The van der Waals surface area contributed by atoms with Crippen molar-refractivity contribution in [2.45, 2.75) is 13.5 Å². The zero-order valence-electron chi connectivity index (χ0n) is 10.0. The Labute approximate surface area is 116 Å². The van der Waals surface area contributed by atoms with Gasteiger partial charge in [-0.05, 0) is 28.9 Å². The van der Waals surface area contributed by atoms with Gasteiger partial charge in [0.25, 0.3) is 0 Å². The van der Waals surface area contributed by atoms with Crippen molar-refractivity contribution in [3.63, 3.8) is 0 Å². The van der Waals surface area contributed by atoms with Crippen LogP contribution in [0.25, 0.3) is 21.9 Å². The normalized spacial score (nSPS) is 11.3. The van der Waals surface area contributed by atoms with E-state index in [9.17, 15) is 9.18 Å². The van der Waals surface area contributed by atoms with Gasteiger partial charge in [-0.1, -0.05) is 0 Å². The van der Waals surface area contributed by atoms with Crippen molar-refractivity contribution in [3.8, 4) is 0 Å². The molecule has 3 aromatic rings. The smallest absolute Gasteiger partial charge is 0.203 e. The predicted octanol–water partition coefficient (Wildman–Crippen LogP) is 2.87. The van der Waals surface area contributed by atoms with Gasteiger partial charge >= 0.3 is 0 Å². The van der Waals surface area contributed by atoms with Gasteiger partial charge in [-0.2, -0.15) is 0 Å². The largest absolute Gasteiger partial charge is 0.345 e. The molecule has 0 fully saturated rings. The van der Waals surface area contributed by atoms with Crippen LogP contribution in [-0.4, -0.2) is 14.5 Å². The summed E-state index contributed by atoms with van der Waals surface area (Å²) in [5.74, 6) is -0.534. The van der Waals surface area contributed by atoms with Crippen molar-refractivity contribution in [2.24, 2.45) is 0 Å². The lowest BCUT2D eigenvalue weighted by Gasteiger charge is -2.11. The molecule has 1 aromatic carbocycles. The second kappa shape index (κ2) is 4.38. The standard InChI is InChI=1S/C13H9BrFN3O/c1-2-18-6-8(14)13(19)7-5-9(15)10-11(12(7)18)17-4-3-16-10/h3-6H,2H2,1H3. The van der Waals surface area contributed by atoms with Crippen LogP contribution in [0.2, 0.25) is 0 Å². The first-order valence-electron chi connectivity index (χ1n) is 5.75. The summed E-state index contributed by atoms with van der Waals surface area (Å²) in [5, 5.41) is 0.307. The van der Waals surface area contributed by atoms with E-state index < -0.39 is 5.82 Å². The number of rotatable bonds is 1. The van der Waals surface area contributed by atoms with Gasteiger partial charge in [0.1, 0.15) is 11.0 Å². The minimum atomic E-state index is -0.534. The van der Waals surface area contributed by atoms with Crippen LogP contribution in [0, 0.1) is 5.82 Å². The van der Waals surface area contributed by atoms with E-state index in [-0.39, 0.29) is 10.9 Å². The van der Waals surface area contributed by atoms with Crippen molar-refractivity contribution in [3.05, 3.63) is 45.2 Å². The molecule has 0 radical (unpaired) electrons. The fourth-order valence-electron chi connectivity index (χ4n) is 2.18. The zero-order valence-corrected chi connectivity index (χ0v) is 11.6. The number of pyridine rings is 1. The highest BCUT2D eigenvalue weighted by Gasteiger charge is 2.14. The van der Waals surface area contributed by atoms with E-state index in [0.717, 1.165) is 0 Å². The average molecular weight is 322 g/mol. The van der Waals surface area contributed by atoms with Crippen LogP contribution >= 0.6 is 15.9 Å². The van der Waals surface area contributed by atoms with Crippen LogP contribution < -0.4 is 5.43 Å². The topological polar surface area (TPSA) is 47.8 Å². The first-order valence-corrected chi connectivity index (χ1v) is 6.54. The van der Waals surface area contributed by atoms with Gasteiger partial charge in [0.15, 0.2) is 5.82 Å². The molecule has 0 spiro atoms. The molecule has 0 atom stereocenters. The fourth-order valence-corrected chi connectivity index (χ4v) is 2.64. The molecule has 0 aliphatic rings. The highest BCUT2D eigenvalue weighted by atomic mass is 79.9. The van der Waals surface area contributed by atoms with Crippen LogP contribution in [0.5, 0.6) is 0 Å². The third-order valence-electron chi connectivity index (χ3n) is 3.03. The summed E-state index contributed by atoms with van der Waals surface area (Å²) < 4.78 is 16.3. The summed E-state index contributed by atoms with van der Waals surface area (Å²) in [6.07, 6.45) is 4.62. The Morgan fingerprint density at radius 3 is 2.68 bits per heavy atom. The summed E-state index contributed by atoms with van der Waals surface area (Å²) in [4.78, 5) is 20.3. The lowest BCUT2D eigenvalue weighted by atomic mass is 10.1. The maximum atomic E-state index is 14.0. The Bertz CT molecular complexity index is 860. The van der Waals surface area contributed by atoms with Gasteiger partial charge in [-0.3, -0.25) is 9.78 Å². The number of hydrogen-bond donors (Lipinski definition) is 0. The van der Waals surface area contributed by atoms with E-state index in [1.165, 1.54) is 18.5 Å². The molecular formula is C13H9BrFN3O. The number of aromatic nitrogens is 3. The average Bonchev–Trinajstić information content (AvgIpc) is 2.43. The number of halogens is 2. The molecular weight excluding hydrogens is 313 g/mol. The van der Waals surface area contributed by atoms with Gasteiger partial charge in [0, 0.05) is 25.1 Å². The van der Waals surface area contributed by atoms with E-state index in [0.29, 0.717) is 27.4 Å². The van der Waals surface area contributed by atoms with Crippen molar-refractivity contribution in [2.75, 3.05) is 0 Å². The molecule has 0 unspecified atom stereocenters. The van der Waals surface area contributed by atoms with Gasteiger partial charge < -0.3 is 4.57 Å². The lowest BCUT2D eigenvalue weighted by molar-refractivity contribution is 0.637. The molecule has 96 valence electrons. The summed E-state index contributed by atoms with van der Waals surface area (Å²) in [6, 6.07) is 1.23. The molecule has 0 bridgehead atoms. The first kappa shape index (κ1) is 12.2. The van der Waals surface area contributed by atoms with Crippen LogP contribution in [0.15, 0.2) is 33.9 Å². The van der Waals surface area contributed by atoms with E-state index in [4.69, 9.17) is 0 Å². The third kappa shape index (κ3) is 1.74. The Kier molecular flexibility index (Phi) is 2.82. The van der Waals surface area contributed by atoms with E-state index in [1.54, 1.807) is 6.20 Å². The highest BCUT2D eigenvalue weighted by Crippen LogP contribution is 2.24. The minimum absolute atomic E-state index is 0.180. The predicted molar refractivity (Wildman–Crippen MR) is 74.6 cm³/mol. The Morgan fingerprint density at radius 2 is 2.00 bits per heavy atom. The number of nitrogens with zero attached hydrogens (tertiary/aromatic N) is 3. The second-order valence-electron chi connectivity index (χ2n) is 4.10. The molecule has 2 aromatic heterocycles. The molecule has 0 N–H and O–H groups in total. The maximum absolute atomic E-state index is 14.0. The van der Waals surface area contributed by atoms with Crippen LogP contribution in [-0.2, 0) is 6.54 Å². The van der Waals surface area contributed by atoms with Gasteiger partial charge in [0.2, 0.25) is 5.43 Å². The lowest BCUT2D eigenvalue weighted by Crippen LogP contribution is -2.11. The highest BCUT2D eigenvalue weighted by molar-refractivity contribution is 9.10. The Hall–Kier alpha value is -1.82. The number of aryl methyl sites for hydroxylation is 1. The van der Waals surface area contributed by atoms with Crippen molar-refractivity contribution >= 4 is 37.9 Å². The van der Waals surface area contributed by atoms with Crippen LogP contribution in [0.1, 0.15) is 6.92 Å². The summed E-state index contributed by atoms with van der Waals surface area (Å²) in [5.41, 5.74) is 0.953. The quantitative estimate of drug-likeness (QED) is 0.647. The first-order chi connectivity index (χ1) is 9.13. The molecule has 0 saturated carbocycles. The van der Waals surface area contributed by atoms with Crippen LogP contribution in [0.4, 0.5) is 4.39 Å². The minimum Gasteiger partial charge on any atom is -0.345 e. The maximum Gasteiger partial charge on any atom is 0.203 e. The molecule has 3 rings (SSSR count). The van der Waals surface area contributed by atoms with Gasteiger partial charge in [0.05, 0.1) is 15.4 Å². The number of hydrogen-bond acceptors (Lipinski definition) is 3. The van der Waals surface area contributed by atoms with Crippen molar-refractivity contribution < 1.29 is 4.39 Å². The van der Waals surface area contributed by atoms with E-state index >= 15 is 0 Å². The summed E-state index contributed by atoms with van der Waals surface area (Å²) in [6.45, 7) is 2.59. The Morgan fingerprint density at radius 1 is 1.32 bits per heavy atom. The summed E-state index contributed by atoms with van der Waals surface area (Å²) in [7, 11) is 0. The molecule has 2 heterocycles. The molecule has 0 saturated heterocycles.